The highest BCUT2D eigenvalue weighted by molar-refractivity contribution is 8.00. The quantitative estimate of drug-likeness (QED) is 0.843. The van der Waals surface area contributed by atoms with E-state index < -0.39 is 0 Å². The summed E-state index contributed by atoms with van der Waals surface area (Å²) in [6, 6.07) is 13.1. The van der Waals surface area contributed by atoms with Gasteiger partial charge in [-0.3, -0.25) is 14.6 Å². The molecule has 0 bridgehead atoms. The van der Waals surface area contributed by atoms with Crippen LogP contribution in [0.25, 0.3) is 0 Å². The molecule has 25 heavy (non-hydrogen) atoms. The Balaban J connectivity index is 1.56. The number of carbonyl (C=O) groups is 2. The lowest BCUT2D eigenvalue weighted by molar-refractivity contribution is -0.129. The van der Waals surface area contributed by atoms with Crippen molar-refractivity contribution in [2.45, 2.75) is 18.3 Å². The lowest BCUT2D eigenvalue weighted by Crippen LogP contribution is -2.33. The second kappa shape index (κ2) is 8.36. The van der Waals surface area contributed by atoms with Crippen LogP contribution in [-0.2, 0) is 16.1 Å². The van der Waals surface area contributed by atoms with Crippen molar-refractivity contribution in [1.82, 2.24) is 15.2 Å². The van der Waals surface area contributed by atoms with E-state index in [1.54, 1.807) is 11.1 Å². The van der Waals surface area contributed by atoms with E-state index in [9.17, 15) is 9.59 Å². The summed E-state index contributed by atoms with van der Waals surface area (Å²) in [5, 5.41) is 3.34. The normalized spacial score (nSPS) is 16.9. The number of hydrogen-bond donors (Lipinski definition) is 1. The molecule has 0 aliphatic carbocycles. The van der Waals surface area contributed by atoms with Gasteiger partial charge in [-0.25, -0.2) is 0 Å². The fourth-order valence-electron chi connectivity index (χ4n) is 2.63. The number of benzene rings is 1. The van der Waals surface area contributed by atoms with E-state index in [0.29, 0.717) is 23.9 Å². The van der Waals surface area contributed by atoms with Gasteiger partial charge in [0.05, 0.1) is 18.0 Å². The molecule has 1 aliphatic heterocycles. The van der Waals surface area contributed by atoms with Gasteiger partial charge in [0, 0.05) is 29.7 Å². The number of thioether (sulfide) groups is 1. The Labute approximate surface area is 155 Å². The summed E-state index contributed by atoms with van der Waals surface area (Å²) in [6.45, 7) is 0.756. The van der Waals surface area contributed by atoms with E-state index >= 15 is 0 Å². The third-order valence-corrected chi connectivity index (χ3v) is 5.49. The van der Waals surface area contributed by atoms with E-state index in [0.717, 1.165) is 11.3 Å². The minimum absolute atomic E-state index is 0.0347. The standard InChI is InChI=1S/C18H18ClN3O2S/c19-15-7-2-1-6-14(15)18-22(17(24)12-25-18)10-8-16(23)21-11-13-5-3-4-9-20-13/h1-7,9,18H,8,10-12H2,(H,21,23). The molecule has 1 unspecified atom stereocenters. The van der Waals surface area contributed by atoms with Crippen LogP contribution >= 0.6 is 23.4 Å². The zero-order valence-electron chi connectivity index (χ0n) is 13.5. The van der Waals surface area contributed by atoms with Crippen molar-refractivity contribution in [3.63, 3.8) is 0 Å². The van der Waals surface area contributed by atoms with Crippen molar-refractivity contribution < 1.29 is 9.59 Å². The molecule has 1 N–H and O–H groups in total. The largest absolute Gasteiger partial charge is 0.350 e. The number of carbonyl (C=O) groups excluding carboxylic acids is 2. The van der Waals surface area contributed by atoms with Crippen LogP contribution < -0.4 is 5.32 Å². The average Bonchev–Trinajstić information content (AvgIpc) is 3.00. The fourth-order valence-corrected chi connectivity index (χ4v) is 4.19. The number of amides is 2. The van der Waals surface area contributed by atoms with Crippen molar-refractivity contribution in [3.05, 3.63) is 64.9 Å². The van der Waals surface area contributed by atoms with Gasteiger partial charge < -0.3 is 10.2 Å². The molecule has 1 aromatic heterocycles. The zero-order valence-corrected chi connectivity index (χ0v) is 15.1. The summed E-state index contributed by atoms with van der Waals surface area (Å²) in [5.74, 6) is 0.339. The minimum Gasteiger partial charge on any atom is -0.350 e. The number of rotatable bonds is 6. The Morgan fingerprint density at radius 2 is 2.08 bits per heavy atom. The summed E-state index contributed by atoms with van der Waals surface area (Å²) >= 11 is 7.80. The predicted molar refractivity (Wildman–Crippen MR) is 99.1 cm³/mol. The molecule has 7 heteroatoms. The fraction of sp³-hybridized carbons (Fsp3) is 0.278. The maximum atomic E-state index is 12.2. The molecule has 1 saturated heterocycles. The van der Waals surface area contributed by atoms with Gasteiger partial charge in [0.15, 0.2) is 0 Å². The van der Waals surface area contributed by atoms with Gasteiger partial charge in [-0.05, 0) is 18.2 Å². The second-order valence-corrected chi connectivity index (χ2v) is 7.10. The molecule has 0 radical (unpaired) electrons. The van der Waals surface area contributed by atoms with Crippen LogP contribution in [0.15, 0.2) is 48.7 Å². The molecule has 1 fully saturated rings. The van der Waals surface area contributed by atoms with Gasteiger partial charge in [-0.15, -0.1) is 11.8 Å². The summed E-state index contributed by atoms with van der Waals surface area (Å²) in [7, 11) is 0. The molecule has 2 aromatic rings. The van der Waals surface area contributed by atoms with Crippen LogP contribution in [0.3, 0.4) is 0 Å². The van der Waals surface area contributed by atoms with E-state index in [2.05, 4.69) is 10.3 Å². The highest BCUT2D eigenvalue weighted by atomic mass is 35.5. The van der Waals surface area contributed by atoms with Gasteiger partial charge in [-0.2, -0.15) is 0 Å². The molecule has 0 saturated carbocycles. The van der Waals surface area contributed by atoms with Gasteiger partial charge in [0.25, 0.3) is 0 Å². The van der Waals surface area contributed by atoms with Crippen LogP contribution in [0.1, 0.15) is 23.1 Å². The van der Waals surface area contributed by atoms with E-state index in [4.69, 9.17) is 11.6 Å². The number of hydrogen-bond acceptors (Lipinski definition) is 4. The molecule has 130 valence electrons. The number of nitrogens with zero attached hydrogens (tertiary/aromatic N) is 2. The van der Waals surface area contributed by atoms with Gasteiger partial charge in [-0.1, -0.05) is 35.9 Å². The number of nitrogens with one attached hydrogen (secondary N) is 1. The molecule has 2 amide bonds. The Morgan fingerprint density at radius 3 is 2.84 bits per heavy atom. The number of pyridine rings is 1. The van der Waals surface area contributed by atoms with Gasteiger partial charge >= 0.3 is 0 Å². The first-order valence-corrected chi connectivity index (χ1v) is 9.40. The van der Waals surface area contributed by atoms with Crippen LogP contribution in [0.5, 0.6) is 0 Å². The van der Waals surface area contributed by atoms with Crippen molar-refractivity contribution in [2.24, 2.45) is 0 Å². The number of halogens is 1. The molecule has 2 heterocycles. The highest BCUT2D eigenvalue weighted by Crippen LogP contribution is 2.41. The summed E-state index contributed by atoms with van der Waals surface area (Å²) < 4.78 is 0. The average molecular weight is 376 g/mol. The topological polar surface area (TPSA) is 62.3 Å². The third kappa shape index (κ3) is 4.52. The summed E-state index contributed by atoms with van der Waals surface area (Å²) in [5.41, 5.74) is 1.71. The third-order valence-electron chi connectivity index (χ3n) is 3.91. The summed E-state index contributed by atoms with van der Waals surface area (Å²) in [6.07, 6.45) is 1.94. The van der Waals surface area contributed by atoms with E-state index in [-0.39, 0.29) is 23.6 Å². The Bertz CT molecular complexity index is 757. The van der Waals surface area contributed by atoms with Crippen LogP contribution in [-0.4, -0.2) is 34.0 Å². The minimum atomic E-state index is -0.134. The lowest BCUT2D eigenvalue weighted by Gasteiger charge is -2.24. The highest BCUT2D eigenvalue weighted by Gasteiger charge is 2.33. The zero-order chi connectivity index (χ0) is 17.6. The van der Waals surface area contributed by atoms with E-state index in [1.165, 1.54) is 11.8 Å². The van der Waals surface area contributed by atoms with Gasteiger partial charge in [0.1, 0.15) is 5.37 Å². The molecule has 3 rings (SSSR count). The summed E-state index contributed by atoms with van der Waals surface area (Å²) in [4.78, 5) is 30.2. The molecule has 0 spiro atoms. The van der Waals surface area contributed by atoms with Crippen LogP contribution in [0.4, 0.5) is 0 Å². The Hall–Kier alpha value is -2.05. The van der Waals surface area contributed by atoms with Gasteiger partial charge in [0.2, 0.25) is 11.8 Å². The van der Waals surface area contributed by atoms with E-state index in [1.807, 2.05) is 42.5 Å². The Kier molecular flexibility index (Phi) is 5.94. The number of aromatic nitrogens is 1. The molecular formula is C18H18ClN3O2S. The van der Waals surface area contributed by atoms with Crippen LogP contribution in [0.2, 0.25) is 5.02 Å². The smallest absolute Gasteiger partial charge is 0.233 e. The predicted octanol–water partition coefficient (Wildman–Crippen LogP) is 3.02. The maximum absolute atomic E-state index is 12.2. The maximum Gasteiger partial charge on any atom is 0.233 e. The van der Waals surface area contributed by atoms with Crippen molar-refractivity contribution in [3.8, 4) is 0 Å². The molecule has 5 nitrogen and oxygen atoms in total. The Morgan fingerprint density at radius 1 is 1.28 bits per heavy atom. The second-order valence-electron chi connectivity index (χ2n) is 5.62. The molecule has 1 atom stereocenters. The van der Waals surface area contributed by atoms with Crippen molar-refractivity contribution in [1.29, 1.82) is 0 Å². The van der Waals surface area contributed by atoms with Crippen molar-refractivity contribution in [2.75, 3.05) is 12.3 Å². The molecule has 1 aromatic carbocycles. The molecule has 1 aliphatic rings. The lowest BCUT2D eigenvalue weighted by atomic mass is 10.2. The van der Waals surface area contributed by atoms with Crippen LogP contribution in [0, 0.1) is 0 Å². The first-order chi connectivity index (χ1) is 12.1. The first kappa shape index (κ1) is 17.8. The molecular weight excluding hydrogens is 358 g/mol. The first-order valence-electron chi connectivity index (χ1n) is 7.97. The van der Waals surface area contributed by atoms with Crippen molar-refractivity contribution >= 4 is 35.2 Å². The monoisotopic (exact) mass is 375 g/mol. The SMILES string of the molecule is O=C(CCN1C(=O)CSC1c1ccccc1Cl)NCc1ccccn1.